The van der Waals surface area contributed by atoms with Gasteiger partial charge in [-0.2, -0.15) is 0 Å². The number of guanidine groups is 1. The summed E-state index contributed by atoms with van der Waals surface area (Å²) in [7, 11) is 3.38. The van der Waals surface area contributed by atoms with E-state index in [9.17, 15) is 4.79 Å². The Bertz CT molecular complexity index is 850. The third-order valence-corrected chi connectivity index (χ3v) is 4.31. The first-order chi connectivity index (χ1) is 11.4. The Morgan fingerprint density at radius 2 is 1.92 bits per heavy atom. The first kappa shape index (κ1) is 14.7. The Morgan fingerprint density at radius 1 is 1.21 bits per heavy atom. The second-order valence-corrected chi connectivity index (χ2v) is 6.68. The van der Waals surface area contributed by atoms with Crippen LogP contribution in [-0.2, 0) is 0 Å². The molecule has 7 nitrogen and oxygen atoms in total. The van der Waals surface area contributed by atoms with Gasteiger partial charge in [-0.05, 0) is 38.1 Å². The molecular formula is C17H19N5O2. The molecular weight excluding hydrogens is 306 g/mol. The molecule has 0 N–H and O–H groups in total. The highest BCUT2D eigenvalue weighted by atomic mass is 16.5. The van der Waals surface area contributed by atoms with Crippen molar-refractivity contribution in [3.8, 4) is 11.4 Å². The number of carbonyl (C=O) groups is 1. The zero-order chi connectivity index (χ0) is 17.1. The van der Waals surface area contributed by atoms with Gasteiger partial charge in [0.15, 0.2) is 5.82 Å². The van der Waals surface area contributed by atoms with Crippen LogP contribution in [0.5, 0.6) is 5.75 Å². The van der Waals surface area contributed by atoms with Gasteiger partial charge in [0, 0.05) is 13.2 Å². The fourth-order valence-electron chi connectivity index (χ4n) is 3.10. The number of methoxy groups -OCH3 is 1. The molecule has 2 aromatic rings. The minimum absolute atomic E-state index is 0.0857. The first-order valence-corrected chi connectivity index (χ1v) is 7.79. The Labute approximate surface area is 140 Å². The minimum Gasteiger partial charge on any atom is -0.497 e. The molecule has 0 fully saturated rings. The molecule has 0 radical (unpaired) electrons. The largest absolute Gasteiger partial charge is 0.497 e. The highest BCUT2D eigenvalue weighted by Crippen LogP contribution is 2.34. The van der Waals surface area contributed by atoms with E-state index >= 15 is 0 Å². The minimum atomic E-state index is -0.241. The predicted octanol–water partition coefficient (Wildman–Crippen LogP) is 1.92. The molecule has 1 aromatic heterocycles. The standard InChI is InChI=1S/C17H19N5O2/c1-17(2)10-21-14-13(15(23)20(3)16(21)18-17)9-22(19-14)11-5-7-12(24-4)8-6-11/h5-9H,10H2,1-4H3. The fraction of sp³-hybridized carbons (Fsp3) is 0.353. The van der Waals surface area contributed by atoms with Crippen LogP contribution in [0, 0.1) is 0 Å². The monoisotopic (exact) mass is 325 g/mol. The predicted molar refractivity (Wildman–Crippen MR) is 91.1 cm³/mol. The van der Waals surface area contributed by atoms with E-state index in [0.717, 1.165) is 11.4 Å². The number of carbonyl (C=O) groups excluding carboxylic acids is 1. The lowest BCUT2D eigenvalue weighted by Gasteiger charge is -2.30. The van der Waals surface area contributed by atoms with Crippen LogP contribution in [0.25, 0.3) is 5.69 Å². The number of fused-ring (bicyclic) bond motifs is 3. The zero-order valence-electron chi connectivity index (χ0n) is 14.1. The summed E-state index contributed by atoms with van der Waals surface area (Å²) in [5.41, 5.74) is 1.22. The number of hydrogen-bond donors (Lipinski definition) is 0. The maximum absolute atomic E-state index is 12.7. The SMILES string of the molecule is COc1ccc(-n2cc3c(n2)N2CC(C)(C)N=C2N(C)C3=O)cc1. The quantitative estimate of drug-likeness (QED) is 0.846. The molecule has 3 heterocycles. The lowest BCUT2D eigenvalue weighted by atomic mass is 10.1. The van der Waals surface area contributed by atoms with E-state index in [4.69, 9.17) is 4.74 Å². The van der Waals surface area contributed by atoms with E-state index in [0.29, 0.717) is 23.9 Å². The molecule has 124 valence electrons. The summed E-state index contributed by atoms with van der Waals surface area (Å²) in [6.07, 6.45) is 1.78. The van der Waals surface area contributed by atoms with Crippen LogP contribution in [0.3, 0.4) is 0 Å². The molecule has 0 aliphatic carbocycles. The third kappa shape index (κ3) is 2.08. The molecule has 0 saturated carbocycles. The van der Waals surface area contributed by atoms with Crippen LogP contribution in [0.1, 0.15) is 24.2 Å². The fourth-order valence-corrected chi connectivity index (χ4v) is 3.10. The van der Waals surface area contributed by atoms with E-state index in [1.165, 1.54) is 0 Å². The summed E-state index contributed by atoms with van der Waals surface area (Å²) >= 11 is 0. The molecule has 0 unspecified atom stereocenters. The van der Waals surface area contributed by atoms with Crippen molar-refractivity contribution in [1.82, 2.24) is 14.7 Å². The Morgan fingerprint density at radius 3 is 2.58 bits per heavy atom. The number of ether oxygens (including phenoxy) is 1. The van der Waals surface area contributed by atoms with Gasteiger partial charge in [0.05, 0.1) is 24.9 Å². The van der Waals surface area contributed by atoms with Crippen LogP contribution < -0.4 is 9.64 Å². The second kappa shape index (κ2) is 4.83. The van der Waals surface area contributed by atoms with Crippen molar-refractivity contribution < 1.29 is 9.53 Å². The van der Waals surface area contributed by atoms with Crippen LogP contribution in [0.4, 0.5) is 5.82 Å². The highest BCUT2D eigenvalue weighted by Gasteiger charge is 2.43. The highest BCUT2D eigenvalue weighted by molar-refractivity contribution is 6.18. The van der Waals surface area contributed by atoms with E-state index in [2.05, 4.69) is 23.9 Å². The summed E-state index contributed by atoms with van der Waals surface area (Å²) in [6, 6.07) is 7.56. The van der Waals surface area contributed by atoms with Crippen LogP contribution >= 0.6 is 0 Å². The van der Waals surface area contributed by atoms with Gasteiger partial charge in [0.25, 0.3) is 5.91 Å². The molecule has 24 heavy (non-hydrogen) atoms. The number of hydrogen-bond acceptors (Lipinski definition) is 5. The van der Waals surface area contributed by atoms with Gasteiger partial charge < -0.3 is 4.74 Å². The maximum Gasteiger partial charge on any atom is 0.265 e. The normalized spacial score (nSPS) is 18.3. The summed E-state index contributed by atoms with van der Waals surface area (Å²) in [5, 5.41) is 4.64. The van der Waals surface area contributed by atoms with Crippen LogP contribution in [0.15, 0.2) is 35.5 Å². The topological polar surface area (TPSA) is 63.0 Å². The average Bonchev–Trinajstić information content (AvgIpc) is 3.14. The molecule has 7 heteroatoms. The Balaban J connectivity index is 1.79. The molecule has 1 aromatic carbocycles. The molecule has 1 amide bonds. The Kier molecular flexibility index (Phi) is 2.97. The third-order valence-electron chi connectivity index (χ3n) is 4.31. The molecule has 0 atom stereocenters. The maximum atomic E-state index is 12.7. The molecule has 0 saturated heterocycles. The molecule has 4 rings (SSSR count). The summed E-state index contributed by atoms with van der Waals surface area (Å²) in [6.45, 7) is 4.81. The number of amides is 1. The molecule has 0 spiro atoms. The van der Waals surface area contributed by atoms with Crippen LogP contribution in [0.2, 0.25) is 0 Å². The molecule has 0 bridgehead atoms. The van der Waals surface area contributed by atoms with Crippen LogP contribution in [-0.4, -0.2) is 52.8 Å². The molecule has 2 aliphatic rings. The Hall–Kier alpha value is -2.83. The number of nitrogens with zero attached hydrogens (tertiary/aromatic N) is 5. The summed E-state index contributed by atoms with van der Waals surface area (Å²) < 4.78 is 6.91. The van der Waals surface area contributed by atoms with Crippen molar-refractivity contribution in [3.05, 3.63) is 36.0 Å². The van der Waals surface area contributed by atoms with Crippen molar-refractivity contribution in [2.75, 3.05) is 25.6 Å². The van der Waals surface area contributed by atoms with E-state index < -0.39 is 0 Å². The number of aliphatic imine (C=N–C) groups is 1. The van der Waals surface area contributed by atoms with Gasteiger partial charge in [-0.1, -0.05) is 0 Å². The number of anilines is 1. The van der Waals surface area contributed by atoms with E-state index in [1.807, 2.05) is 29.2 Å². The van der Waals surface area contributed by atoms with Gasteiger partial charge in [0.1, 0.15) is 11.3 Å². The lowest BCUT2D eigenvalue weighted by molar-refractivity contribution is 0.0865. The zero-order valence-corrected chi connectivity index (χ0v) is 14.1. The first-order valence-electron chi connectivity index (χ1n) is 7.79. The lowest BCUT2D eigenvalue weighted by Crippen LogP contribution is -2.48. The number of aromatic nitrogens is 2. The number of benzene rings is 1. The average molecular weight is 325 g/mol. The summed E-state index contributed by atoms with van der Waals surface area (Å²) in [5.74, 6) is 2.02. The van der Waals surface area contributed by atoms with Gasteiger partial charge in [-0.25, -0.2) is 9.67 Å². The molecule has 2 aliphatic heterocycles. The van der Waals surface area contributed by atoms with Crippen molar-refractivity contribution >= 4 is 17.7 Å². The van der Waals surface area contributed by atoms with E-state index in [1.54, 1.807) is 29.9 Å². The van der Waals surface area contributed by atoms with Crippen molar-refractivity contribution in [3.63, 3.8) is 0 Å². The van der Waals surface area contributed by atoms with E-state index in [-0.39, 0.29) is 11.4 Å². The smallest absolute Gasteiger partial charge is 0.265 e. The second-order valence-electron chi connectivity index (χ2n) is 6.68. The van der Waals surface area contributed by atoms with Gasteiger partial charge in [0.2, 0.25) is 5.96 Å². The van der Waals surface area contributed by atoms with Gasteiger partial charge in [-0.15, -0.1) is 5.10 Å². The van der Waals surface area contributed by atoms with Crippen molar-refractivity contribution in [1.29, 1.82) is 0 Å². The van der Waals surface area contributed by atoms with Crippen molar-refractivity contribution in [2.45, 2.75) is 19.4 Å². The van der Waals surface area contributed by atoms with Crippen molar-refractivity contribution in [2.24, 2.45) is 4.99 Å². The number of rotatable bonds is 2. The van der Waals surface area contributed by atoms with Gasteiger partial charge in [-0.3, -0.25) is 14.6 Å². The van der Waals surface area contributed by atoms with Gasteiger partial charge >= 0.3 is 0 Å². The summed E-state index contributed by atoms with van der Waals surface area (Å²) in [4.78, 5) is 20.9.